The summed E-state index contributed by atoms with van der Waals surface area (Å²) in [6, 6.07) is 0. The van der Waals surface area contributed by atoms with Gasteiger partial charge in [-0.15, -0.1) is 0 Å². The maximum Gasteiger partial charge on any atom is 0.350 e. The standard InChI is InChI=1S/C21H27FO7/c1-20(2)24-11-14(27-20)15-16(17-19(26-15)29-21(3,4)28-17)25-18(23)13(22)10-12-8-6-5-7-9-12/h10,13-14H,5-9,11H2,1-4H3. The summed E-state index contributed by atoms with van der Waals surface area (Å²) in [7, 11) is 0. The summed E-state index contributed by atoms with van der Waals surface area (Å²) >= 11 is 0. The van der Waals surface area contributed by atoms with E-state index < -0.39 is 29.8 Å². The second-order valence-corrected chi connectivity index (χ2v) is 8.54. The van der Waals surface area contributed by atoms with E-state index in [0.29, 0.717) is 0 Å². The number of allylic oxidation sites excluding steroid dienone is 1. The monoisotopic (exact) mass is 410 g/mol. The molecule has 1 aromatic rings. The van der Waals surface area contributed by atoms with Gasteiger partial charge in [-0.1, -0.05) is 12.0 Å². The van der Waals surface area contributed by atoms with Gasteiger partial charge in [0.15, 0.2) is 11.5 Å². The Kier molecular flexibility index (Phi) is 5.11. The highest BCUT2D eigenvalue weighted by molar-refractivity contribution is 5.80. The molecule has 3 aliphatic rings. The van der Waals surface area contributed by atoms with E-state index in [-0.39, 0.29) is 29.8 Å². The van der Waals surface area contributed by atoms with Gasteiger partial charge >= 0.3 is 11.9 Å². The van der Waals surface area contributed by atoms with E-state index in [1.807, 2.05) is 0 Å². The minimum absolute atomic E-state index is 0.0217. The zero-order valence-electron chi connectivity index (χ0n) is 17.2. The van der Waals surface area contributed by atoms with Crippen LogP contribution in [-0.4, -0.2) is 30.3 Å². The fourth-order valence-electron chi connectivity index (χ4n) is 3.77. The van der Waals surface area contributed by atoms with E-state index in [0.717, 1.165) is 37.7 Å². The molecule has 160 valence electrons. The number of esters is 1. The molecule has 2 unspecified atom stereocenters. The Morgan fingerprint density at radius 1 is 1.14 bits per heavy atom. The van der Waals surface area contributed by atoms with Crippen LogP contribution in [0, 0.1) is 0 Å². The van der Waals surface area contributed by atoms with Crippen LogP contribution in [0.15, 0.2) is 16.1 Å². The van der Waals surface area contributed by atoms with Gasteiger partial charge in [-0.3, -0.25) is 0 Å². The first-order valence-corrected chi connectivity index (χ1v) is 10.1. The zero-order valence-corrected chi connectivity index (χ0v) is 17.2. The molecule has 1 aliphatic carbocycles. The second kappa shape index (κ2) is 7.32. The Labute approximate surface area is 169 Å². The third-order valence-corrected chi connectivity index (χ3v) is 5.11. The maximum atomic E-state index is 14.6. The maximum absolute atomic E-state index is 14.6. The average molecular weight is 410 g/mol. The first kappa shape index (κ1) is 20.2. The van der Waals surface area contributed by atoms with Crippen LogP contribution in [0.5, 0.6) is 17.4 Å². The Bertz CT molecular complexity index is 815. The number of hydrogen-bond acceptors (Lipinski definition) is 7. The average Bonchev–Trinajstić information content (AvgIpc) is 3.26. The van der Waals surface area contributed by atoms with Crippen molar-refractivity contribution in [3.05, 3.63) is 17.4 Å². The molecule has 0 radical (unpaired) electrons. The lowest BCUT2D eigenvalue weighted by atomic mass is 9.94. The summed E-state index contributed by atoms with van der Waals surface area (Å²) < 4.78 is 48.4. The quantitative estimate of drug-likeness (QED) is 0.524. The van der Waals surface area contributed by atoms with E-state index in [1.54, 1.807) is 27.7 Å². The Morgan fingerprint density at radius 3 is 2.52 bits per heavy atom. The number of alkyl halides is 1. The first-order valence-electron chi connectivity index (χ1n) is 10.1. The molecule has 1 saturated heterocycles. The van der Waals surface area contributed by atoms with Crippen molar-refractivity contribution in [1.29, 1.82) is 0 Å². The molecule has 3 heterocycles. The van der Waals surface area contributed by atoms with Gasteiger partial charge in [0.2, 0.25) is 17.7 Å². The van der Waals surface area contributed by atoms with Crippen molar-refractivity contribution in [2.24, 2.45) is 0 Å². The van der Waals surface area contributed by atoms with Crippen molar-refractivity contribution in [1.82, 2.24) is 0 Å². The molecule has 4 rings (SSSR count). The molecule has 0 N–H and O–H groups in total. The fourth-order valence-corrected chi connectivity index (χ4v) is 3.77. The molecule has 8 heteroatoms. The molecular formula is C21H27FO7. The lowest BCUT2D eigenvalue weighted by Gasteiger charge is -2.19. The topological polar surface area (TPSA) is 76.4 Å². The van der Waals surface area contributed by atoms with Crippen molar-refractivity contribution < 1.29 is 37.3 Å². The number of carbonyl (C=O) groups excluding carboxylic acids is 1. The summed E-state index contributed by atoms with van der Waals surface area (Å²) in [5.41, 5.74) is 0.952. The van der Waals surface area contributed by atoms with Gasteiger partial charge in [0, 0.05) is 13.8 Å². The van der Waals surface area contributed by atoms with Crippen molar-refractivity contribution in [3.8, 4) is 17.4 Å². The smallest absolute Gasteiger partial charge is 0.350 e. The normalized spacial score (nSPS) is 25.7. The van der Waals surface area contributed by atoms with Gasteiger partial charge in [0.05, 0.1) is 6.61 Å². The second-order valence-electron chi connectivity index (χ2n) is 8.54. The molecule has 0 amide bonds. The first-order chi connectivity index (χ1) is 13.6. The van der Waals surface area contributed by atoms with E-state index >= 15 is 0 Å². The molecule has 2 fully saturated rings. The van der Waals surface area contributed by atoms with Gasteiger partial charge in [-0.2, -0.15) is 0 Å². The van der Waals surface area contributed by atoms with Crippen LogP contribution >= 0.6 is 0 Å². The van der Waals surface area contributed by atoms with E-state index in [9.17, 15) is 9.18 Å². The predicted molar refractivity (Wildman–Crippen MR) is 99.6 cm³/mol. The SMILES string of the molecule is CC1(C)Oc2oc(C3COC(C)(C)O3)c(OC(=O)C(F)C=C3CCCCC3)c2O1. The number of halogens is 1. The molecular weight excluding hydrogens is 383 g/mol. The molecule has 0 bridgehead atoms. The van der Waals surface area contributed by atoms with Gasteiger partial charge in [0.1, 0.15) is 6.10 Å². The van der Waals surface area contributed by atoms with Crippen LogP contribution in [0.1, 0.15) is 71.7 Å². The summed E-state index contributed by atoms with van der Waals surface area (Å²) in [5, 5.41) is 0. The van der Waals surface area contributed by atoms with Gasteiger partial charge < -0.3 is 28.1 Å². The van der Waals surface area contributed by atoms with Gasteiger partial charge in [-0.05, 0) is 45.6 Å². The van der Waals surface area contributed by atoms with Crippen molar-refractivity contribution in [2.75, 3.05) is 6.61 Å². The third kappa shape index (κ3) is 4.28. The van der Waals surface area contributed by atoms with Crippen LogP contribution in [0.3, 0.4) is 0 Å². The third-order valence-electron chi connectivity index (χ3n) is 5.11. The molecule has 29 heavy (non-hydrogen) atoms. The number of fused-ring (bicyclic) bond motifs is 1. The van der Waals surface area contributed by atoms with Gasteiger partial charge in [0.25, 0.3) is 5.75 Å². The lowest BCUT2D eigenvalue weighted by molar-refractivity contribution is -0.143. The van der Waals surface area contributed by atoms with Gasteiger partial charge in [-0.25, -0.2) is 9.18 Å². The van der Waals surface area contributed by atoms with Crippen LogP contribution < -0.4 is 14.2 Å². The Morgan fingerprint density at radius 2 is 1.86 bits per heavy atom. The molecule has 0 spiro atoms. The van der Waals surface area contributed by atoms with E-state index in [4.69, 9.17) is 28.1 Å². The minimum atomic E-state index is -1.87. The van der Waals surface area contributed by atoms with Crippen LogP contribution in [0.25, 0.3) is 0 Å². The number of furan rings is 1. The molecule has 1 aromatic heterocycles. The van der Waals surface area contributed by atoms with E-state index in [1.165, 1.54) is 6.08 Å². The predicted octanol–water partition coefficient (Wildman–Crippen LogP) is 4.74. The zero-order chi connectivity index (χ0) is 20.8. The minimum Gasteiger partial charge on any atom is -0.441 e. The molecule has 1 saturated carbocycles. The van der Waals surface area contributed by atoms with Crippen molar-refractivity contribution >= 4 is 5.97 Å². The highest BCUT2D eigenvalue weighted by Gasteiger charge is 2.46. The number of carbonyl (C=O) groups is 1. The summed E-state index contributed by atoms with van der Waals surface area (Å²) in [5.74, 6) is -2.48. The van der Waals surface area contributed by atoms with Crippen molar-refractivity contribution in [3.63, 3.8) is 0 Å². The Balaban J connectivity index is 1.57. The van der Waals surface area contributed by atoms with Crippen LogP contribution in [0.2, 0.25) is 0 Å². The molecule has 0 aromatic carbocycles. The fraction of sp³-hybridized carbons (Fsp3) is 0.667. The van der Waals surface area contributed by atoms with Crippen LogP contribution in [-0.2, 0) is 14.3 Å². The summed E-state index contributed by atoms with van der Waals surface area (Å²) in [4.78, 5) is 12.5. The number of rotatable bonds is 4. The Hall–Kier alpha value is -2.06. The number of ether oxygens (including phenoxy) is 5. The molecule has 2 atom stereocenters. The molecule has 2 aliphatic heterocycles. The van der Waals surface area contributed by atoms with Crippen molar-refractivity contribution in [2.45, 2.75) is 83.6 Å². The highest BCUT2D eigenvalue weighted by Crippen LogP contribution is 2.54. The molecule has 7 nitrogen and oxygen atoms in total. The largest absolute Gasteiger partial charge is 0.441 e. The summed E-state index contributed by atoms with van der Waals surface area (Å²) in [6.07, 6.45) is 3.65. The van der Waals surface area contributed by atoms with E-state index in [2.05, 4.69) is 0 Å². The van der Waals surface area contributed by atoms with Crippen LogP contribution in [0.4, 0.5) is 4.39 Å². The summed E-state index contributed by atoms with van der Waals surface area (Å²) in [6.45, 7) is 7.10. The highest BCUT2D eigenvalue weighted by atomic mass is 19.1. The number of hydrogen-bond donors (Lipinski definition) is 0. The lowest BCUT2D eigenvalue weighted by Crippen LogP contribution is -2.30.